The zero-order valence-corrected chi connectivity index (χ0v) is 10.8. The normalized spacial score (nSPS) is 12.2. The van der Waals surface area contributed by atoms with E-state index in [1.165, 1.54) is 6.08 Å². The lowest BCUT2D eigenvalue weighted by molar-refractivity contribution is -0.148. The number of carbonyl (C=O) groups excluding carboxylic acids is 1. The van der Waals surface area contributed by atoms with Crippen molar-refractivity contribution in [2.45, 2.75) is 26.4 Å². The summed E-state index contributed by atoms with van der Waals surface area (Å²) >= 11 is 0. The van der Waals surface area contributed by atoms with Gasteiger partial charge in [-0.15, -0.1) is 0 Å². The van der Waals surface area contributed by atoms with Gasteiger partial charge < -0.3 is 9.30 Å². The monoisotopic (exact) mass is 244 g/mol. The van der Waals surface area contributed by atoms with E-state index in [4.69, 9.17) is 4.74 Å². The molecule has 0 atom stereocenters. The lowest BCUT2D eigenvalue weighted by Gasteiger charge is -2.17. The molecule has 4 nitrogen and oxygen atoms in total. The number of carbonyl (C=O) groups is 1. The Morgan fingerprint density at radius 3 is 2.78 bits per heavy atom. The Kier molecular flexibility index (Phi) is 3.19. The first-order chi connectivity index (χ1) is 8.46. The molecule has 0 spiro atoms. The Bertz CT molecular complexity index is 591. The Balaban J connectivity index is 2.16. The van der Waals surface area contributed by atoms with Gasteiger partial charge in [-0.05, 0) is 32.9 Å². The topological polar surface area (TPSA) is 44.1 Å². The average molecular weight is 244 g/mol. The maximum atomic E-state index is 11.5. The second kappa shape index (κ2) is 4.64. The van der Waals surface area contributed by atoms with E-state index in [2.05, 4.69) is 4.98 Å². The molecule has 0 saturated carbocycles. The molecule has 0 saturated heterocycles. The van der Waals surface area contributed by atoms with Crippen LogP contribution in [0, 0.1) is 0 Å². The lowest BCUT2D eigenvalue weighted by Crippen LogP contribution is -2.22. The summed E-state index contributed by atoms with van der Waals surface area (Å²) in [6.07, 6.45) is 4.73. The van der Waals surface area contributed by atoms with E-state index in [9.17, 15) is 4.79 Å². The maximum Gasteiger partial charge on any atom is 0.332 e. The van der Waals surface area contributed by atoms with E-state index in [1.54, 1.807) is 17.1 Å². The van der Waals surface area contributed by atoms with Crippen molar-refractivity contribution in [1.82, 2.24) is 9.55 Å². The number of rotatable bonds is 2. The number of hydrogen-bond donors (Lipinski definition) is 0. The van der Waals surface area contributed by atoms with Gasteiger partial charge in [-0.1, -0.05) is 12.1 Å². The summed E-state index contributed by atoms with van der Waals surface area (Å²) < 4.78 is 6.98. The average Bonchev–Trinajstić information content (AvgIpc) is 2.67. The van der Waals surface area contributed by atoms with E-state index in [0.717, 1.165) is 11.0 Å². The Morgan fingerprint density at radius 2 is 2.06 bits per heavy atom. The van der Waals surface area contributed by atoms with Crippen LogP contribution < -0.4 is 0 Å². The van der Waals surface area contributed by atoms with Crippen molar-refractivity contribution in [3.63, 3.8) is 0 Å². The van der Waals surface area contributed by atoms with E-state index in [1.807, 2.05) is 45.0 Å². The minimum atomic E-state index is -0.474. The smallest absolute Gasteiger partial charge is 0.332 e. The molecular weight excluding hydrogens is 228 g/mol. The van der Waals surface area contributed by atoms with Crippen molar-refractivity contribution >= 4 is 23.2 Å². The highest BCUT2D eigenvalue weighted by Crippen LogP contribution is 2.12. The van der Waals surface area contributed by atoms with Crippen LogP contribution in [0.4, 0.5) is 0 Å². The van der Waals surface area contributed by atoms with Gasteiger partial charge in [0.15, 0.2) is 0 Å². The van der Waals surface area contributed by atoms with E-state index >= 15 is 0 Å². The third-order valence-electron chi connectivity index (χ3n) is 2.26. The SMILES string of the molecule is CC(C)(C)OC(=O)/C=C/n1cnc2ccccc21. The number of fused-ring (bicyclic) bond motifs is 1. The van der Waals surface area contributed by atoms with Crippen molar-refractivity contribution < 1.29 is 9.53 Å². The van der Waals surface area contributed by atoms with Gasteiger partial charge in [0.05, 0.1) is 17.4 Å². The van der Waals surface area contributed by atoms with Crippen LogP contribution in [0.1, 0.15) is 20.8 Å². The highest BCUT2D eigenvalue weighted by atomic mass is 16.6. The molecular formula is C14H16N2O2. The van der Waals surface area contributed by atoms with Gasteiger partial charge in [0.1, 0.15) is 5.60 Å². The number of benzene rings is 1. The molecule has 0 aliphatic heterocycles. The number of ether oxygens (including phenoxy) is 1. The summed E-state index contributed by atoms with van der Waals surface area (Å²) in [5.74, 6) is -0.361. The predicted octanol–water partition coefficient (Wildman–Crippen LogP) is 2.85. The highest BCUT2D eigenvalue weighted by Gasteiger charge is 2.13. The fraction of sp³-hybridized carbons (Fsp3) is 0.286. The van der Waals surface area contributed by atoms with Crippen molar-refractivity contribution in [2.24, 2.45) is 0 Å². The minimum absolute atomic E-state index is 0.361. The Morgan fingerprint density at radius 1 is 1.33 bits per heavy atom. The first kappa shape index (κ1) is 12.4. The minimum Gasteiger partial charge on any atom is -0.457 e. The maximum absolute atomic E-state index is 11.5. The van der Waals surface area contributed by atoms with Gasteiger partial charge in [0.2, 0.25) is 0 Å². The second-order valence-corrected chi connectivity index (χ2v) is 4.99. The molecule has 0 amide bonds. The number of para-hydroxylation sites is 2. The summed E-state index contributed by atoms with van der Waals surface area (Å²) in [5.41, 5.74) is 1.38. The van der Waals surface area contributed by atoms with Crippen LogP contribution in [0.2, 0.25) is 0 Å². The molecule has 4 heteroatoms. The van der Waals surface area contributed by atoms with Gasteiger partial charge in [0.25, 0.3) is 0 Å². The largest absolute Gasteiger partial charge is 0.457 e. The first-order valence-electron chi connectivity index (χ1n) is 5.78. The van der Waals surface area contributed by atoms with Gasteiger partial charge in [-0.3, -0.25) is 0 Å². The number of nitrogens with zero attached hydrogens (tertiary/aromatic N) is 2. The van der Waals surface area contributed by atoms with Crippen LogP contribution in [0.25, 0.3) is 17.2 Å². The summed E-state index contributed by atoms with van der Waals surface area (Å²) in [4.78, 5) is 15.8. The van der Waals surface area contributed by atoms with E-state index in [-0.39, 0.29) is 5.97 Å². The highest BCUT2D eigenvalue weighted by molar-refractivity contribution is 5.86. The zero-order chi connectivity index (χ0) is 13.2. The lowest BCUT2D eigenvalue weighted by atomic mass is 10.2. The van der Waals surface area contributed by atoms with Crippen LogP contribution in [0.15, 0.2) is 36.7 Å². The summed E-state index contributed by atoms with van der Waals surface area (Å²) in [5, 5.41) is 0. The fourth-order valence-corrected chi connectivity index (χ4v) is 1.57. The number of aromatic nitrogens is 2. The van der Waals surface area contributed by atoms with Crippen molar-refractivity contribution in [2.75, 3.05) is 0 Å². The van der Waals surface area contributed by atoms with Crippen LogP contribution >= 0.6 is 0 Å². The van der Waals surface area contributed by atoms with Gasteiger partial charge in [0, 0.05) is 12.3 Å². The number of esters is 1. The second-order valence-electron chi connectivity index (χ2n) is 4.99. The third-order valence-corrected chi connectivity index (χ3v) is 2.26. The van der Waals surface area contributed by atoms with Crippen molar-refractivity contribution in [3.8, 4) is 0 Å². The summed E-state index contributed by atoms with van der Waals surface area (Å²) in [7, 11) is 0. The predicted molar refractivity (Wildman–Crippen MR) is 70.9 cm³/mol. The summed E-state index contributed by atoms with van der Waals surface area (Å²) in [6, 6.07) is 7.73. The zero-order valence-electron chi connectivity index (χ0n) is 10.8. The van der Waals surface area contributed by atoms with E-state index in [0.29, 0.717) is 0 Å². The van der Waals surface area contributed by atoms with Crippen LogP contribution in [-0.4, -0.2) is 21.1 Å². The molecule has 18 heavy (non-hydrogen) atoms. The van der Waals surface area contributed by atoms with Crippen LogP contribution in [-0.2, 0) is 9.53 Å². The third kappa shape index (κ3) is 2.97. The molecule has 94 valence electrons. The number of imidazole rings is 1. The first-order valence-corrected chi connectivity index (χ1v) is 5.78. The molecule has 1 aromatic carbocycles. The standard InChI is InChI=1S/C14H16N2O2/c1-14(2,3)18-13(17)8-9-16-10-15-11-6-4-5-7-12(11)16/h4-10H,1-3H3/b9-8+. The molecule has 1 aromatic heterocycles. The van der Waals surface area contributed by atoms with Gasteiger partial charge in [-0.25, -0.2) is 9.78 Å². The molecule has 0 aliphatic rings. The van der Waals surface area contributed by atoms with Gasteiger partial charge in [-0.2, -0.15) is 0 Å². The van der Waals surface area contributed by atoms with Crippen LogP contribution in [0.5, 0.6) is 0 Å². The van der Waals surface area contributed by atoms with Crippen molar-refractivity contribution in [3.05, 3.63) is 36.7 Å². The molecule has 1 heterocycles. The Labute approximate surface area is 106 Å². The van der Waals surface area contributed by atoms with Gasteiger partial charge >= 0.3 is 5.97 Å². The molecule has 0 fully saturated rings. The molecule has 0 unspecified atom stereocenters. The molecule has 0 aliphatic carbocycles. The van der Waals surface area contributed by atoms with Crippen molar-refractivity contribution in [1.29, 1.82) is 0 Å². The van der Waals surface area contributed by atoms with Crippen LogP contribution in [0.3, 0.4) is 0 Å². The van der Waals surface area contributed by atoms with E-state index < -0.39 is 5.60 Å². The summed E-state index contributed by atoms with van der Waals surface area (Å²) in [6.45, 7) is 5.52. The molecule has 0 N–H and O–H groups in total. The molecule has 2 aromatic rings. The number of hydrogen-bond acceptors (Lipinski definition) is 3. The quantitative estimate of drug-likeness (QED) is 0.602. The molecule has 0 radical (unpaired) electrons. The fourth-order valence-electron chi connectivity index (χ4n) is 1.57. The molecule has 2 rings (SSSR count). The Hall–Kier alpha value is -2.10. The molecule has 0 bridgehead atoms.